The van der Waals surface area contributed by atoms with E-state index < -0.39 is 0 Å². The first-order valence-corrected chi connectivity index (χ1v) is 11.2. The molecule has 34 heavy (non-hydrogen) atoms. The Balaban J connectivity index is 1.77. The molecule has 6 heteroatoms. The number of para-hydroxylation sites is 1. The second-order valence-electron chi connectivity index (χ2n) is 8.09. The van der Waals surface area contributed by atoms with Gasteiger partial charge < -0.3 is 19.2 Å². The second kappa shape index (κ2) is 9.65. The van der Waals surface area contributed by atoms with Crippen molar-refractivity contribution < 1.29 is 18.7 Å². The minimum absolute atomic E-state index is 0.255. The molecule has 0 atom stereocenters. The molecule has 5 nitrogen and oxygen atoms in total. The Morgan fingerprint density at radius 3 is 2.50 bits per heavy atom. The summed E-state index contributed by atoms with van der Waals surface area (Å²) in [7, 11) is 3.26. The maximum atomic E-state index is 12.8. The maximum absolute atomic E-state index is 12.8. The van der Waals surface area contributed by atoms with Crippen LogP contribution in [0.5, 0.6) is 11.5 Å². The molecule has 3 aromatic carbocycles. The number of aryl methyl sites for hydroxylation is 2. The molecular formula is C28H26ClNO4. The molecule has 0 bridgehead atoms. The number of rotatable bonds is 6. The molecule has 4 rings (SSSR count). The normalized spacial score (nSPS) is 11.5. The van der Waals surface area contributed by atoms with Crippen molar-refractivity contribution >= 4 is 39.7 Å². The van der Waals surface area contributed by atoms with Gasteiger partial charge in [0.05, 0.1) is 20.5 Å². The van der Waals surface area contributed by atoms with Crippen molar-refractivity contribution in [3.63, 3.8) is 0 Å². The number of halogens is 1. The molecule has 0 unspecified atom stereocenters. The van der Waals surface area contributed by atoms with Crippen molar-refractivity contribution in [2.75, 3.05) is 19.5 Å². The van der Waals surface area contributed by atoms with Gasteiger partial charge in [-0.3, -0.25) is 4.79 Å². The van der Waals surface area contributed by atoms with Crippen molar-refractivity contribution in [1.29, 1.82) is 0 Å². The average molecular weight is 476 g/mol. The fourth-order valence-corrected chi connectivity index (χ4v) is 4.25. The van der Waals surface area contributed by atoms with E-state index in [4.69, 9.17) is 25.5 Å². The standard InChI is InChI=1S/C28H26ClNO4/c1-16-10-11-19(13-24(16)29)30-26(31)12-17(2)21-14-22-23(20-8-6-7-9-25(20)32-4)15-34-28(22)18(3)27(21)33-5/h6-15H,1-5H3,(H,30,31)/b17-12+. The summed E-state index contributed by atoms with van der Waals surface area (Å²) in [6, 6.07) is 15.2. The lowest BCUT2D eigenvalue weighted by molar-refractivity contribution is -0.111. The zero-order valence-electron chi connectivity index (χ0n) is 19.8. The summed E-state index contributed by atoms with van der Waals surface area (Å²) in [4.78, 5) is 12.8. The molecule has 1 amide bonds. The van der Waals surface area contributed by atoms with Crippen LogP contribution < -0.4 is 14.8 Å². The summed E-state index contributed by atoms with van der Waals surface area (Å²) in [5.41, 5.74) is 6.57. The van der Waals surface area contributed by atoms with E-state index in [-0.39, 0.29) is 5.91 Å². The SMILES string of the molecule is COc1ccccc1-c1coc2c(C)c(OC)c(/C(C)=C/C(=O)Nc3ccc(C)c(Cl)c3)cc12. The van der Waals surface area contributed by atoms with Gasteiger partial charge in [0.1, 0.15) is 17.1 Å². The van der Waals surface area contributed by atoms with Crippen molar-refractivity contribution in [3.8, 4) is 22.6 Å². The summed E-state index contributed by atoms with van der Waals surface area (Å²) in [6.07, 6.45) is 3.28. The van der Waals surface area contributed by atoms with E-state index in [9.17, 15) is 4.79 Å². The van der Waals surface area contributed by atoms with E-state index in [1.165, 1.54) is 0 Å². The minimum Gasteiger partial charge on any atom is -0.496 e. The molecule has 1 aromatic heterocycles. The number of anilines is 1. The number of benzene rings is 3. The number of allylic oxidation sites excluding steroid dienone is 1. The Morgan fingerprint density at radius 1 is 1.03 bits per heavy atom. The van der Waals surface area contributed by atoms with Gasteiger partial charge in [0.2, 0.25) is 5.91 Å². The summed E-state index contributed by atoms with van der Waals surface area (Å²) in [5.74, 6) is 1.16. The third-order valence-corrected chi connectivity index (χ3v) is 6.26. The number of fused-ring (bicyclic) bond motifs is 1. The van der Waals surface area contributed by atoms with Gasteiger partial charge in [-0.1, -0.05) is 35.9 Å². The highest BCUT2D eigenvalue weighted by atomic mass is 35.5. The van der Waals surface area contributed by atoms with Crippen LogP contribution in [-0.2, 0) is 4.79 Å². The maximum Gasteiger partial charge on any atom is 0.248 e. The quantitative estimate of drug-likeness (QED) is 0.294. The van der Waals surface area contributed by atoms with Gasteiger partial charge >= 0.3 is 0 Å². The number of nitrogens with one attached hydrogen (secondary N) is 1. The van der Waals surface area contributed by atoms with Crippen LogP contribution in [-0.4, -0.2) is 20.1 Å². The summed E-state index contributed by atoms with van der Waals surface area (Å²) >= 11 is 6.19. The van der Waals surface area contributed by atoms with Gasteiger partial charge in [-0.2, -0.15) is 0 Å². The molecule has 0 spiro atoms. The lowest BCUT2D eigenvalue weighted by atomic mass is 9.96. The topological polar surface area (TPSA) is 60.7 Å². The first-order valence-electron chi connectivity index (χ1n) is 10.8. The van der Waals surface area contributed by atoms with E-state index >= 15 is 0 Å². The van der Waals surface area contributed by atoms with Crippen molar-refractivity contribution in [2.24, 2.45) is 0 Å². The molecule has 0 aliphatic heterocycles. The number of carbonyl (C=O) groups excluding carboxylic acids is 1. The summed E-state index contributed by atoms with van der Waals surface area (Å²) in [5, 5.41) is 4.39. The summed E-state index contributed by atoms with van der Waals surface area (Å²) < 4.78 is 17.2. The molecule has 1 heterocycles. The van der Waals surface area contributed by atoms with Crippen LogP contribution in [0.4, 0.5) is 5.69 Å². The zero-order chi connectivity index (χ0) is 24.4. The van der Waals surface area contributed by atoms with Crippen molar-refractivity contribution in [3.05, 3.63) is 82.6 Å². The van der Waals surface area contributed by atoms with Gasteiger partial charge in [-0.15, -0.1) is 0 Å². The molecular weight excluding hydrogens is 450 g/mol. The average Bonchev–Trinajstić information content (AvgIpc) is 3.25. The first-order chi connectivity index (χ1) is 16.3. The van der Waals surface area contributed by atoms with Crippen LogP contribution in [0.2, 0.25) is 5.02 Å². The summed E-state index contributed by atoms with van der Waals surface area (Å²) in [6.45, 7) is 5.74. The fourth-order valence-electron chi connectivity index (χ4n) is 4.07. The molecule has 1 N–H and O–H groups in total. The number of carbonyl (C=O) groups is 1. The van der Waals surface area contributed by atoms with E-state index in [0.717, 1.165) is 50.1 Å². The number of amides is 1. The third-order valence-electron chi connectivity index (χ3n) is 5.86. The Kier molecular flexibility index (Phi) is 6.66. The molecule has 4 aromatic rings. The molecule has 0 saturated carbocycles. The highest BCUT2D eigenvalue weighted by Crippen LogP contribution is 2.42. The van der Waals surface area contributed by atoms with Crippen molar-refractivity contribution in [2.45, 2.75) is 20.8 Å². The second-order valence-corrected chi connectivity index (χ2v) is 8.50. The van der Waals surface area contributed by atoms with Gasteiger partial charge in [0.15, 0.2) is 0 Å². The first kappa shape index (κ1) is 23.5. The van der Waals surface area contributed by atoms with Crippen LogP contribution in [0, 0.1) is 13.8 Å². The highest BCUT2D eigenvalue weighted by molar-refractivity contribution is 6.31. The van der Waals surface area contributed by atoms with Crippen LogP contribution in [0.3, 0.4) is 0 Å². The van der Waals surface area contributed by atoms with Crippen molar-refractivity contribution in [1.82, 2.24) is 0 Å². The van der Waals surface area contributed by atoms with Crippen LogP contribution in [0.1, 0.15) is 23.6 Å². The predicted octanol–water partition coefficient (Wildman–Crippen LogP) is 7.43. The van der Waals surface area contributed by atoms with Gasteiger partial charge in [-0.05, 0) is 56.2 Å². The number of methoxy groups -OCH3 is 2. The van der Waals surface area contributed by atoms with E-state index in [2.05, 4.69) is 5.32 Å². The largest absolute Gasteiger partial charge is 0.496 e. The van der Waals surface area contributed by atoms with Gasteiger partial charge in [-0.25, -0.2) is 0 Å². The van der Waals surface area contributed by atoms with Gasteiger partial charge in [0, 0.05) is 44.4 Å². The Hall–Kier alpha value is -3.70. The molecule has 0 aliphatic rings. The Morgan fingerprint density at radius 2 is 1.79 bits per heavy atom. The number of ether oxygens (including phenoxy) is 2. The zero-order valence-corrected chi connectivity index (χ0v) is 20.5. The van der Waals surface area contributed by atoms with E-state index in [1.807, 2.05) is 63.2 Å². The Labute approximate surface area is 203 Å². The molecule has 0 fully saturated rings. The third kappa shape index (κ3) is 4.39. The lowest BCUT2D eigenvalue weighted by Crippen LogP contribution is -2.09. The number of furan rings is 1. The highest BCUT2D eigenvalue weighted by Gasteiger charge is 2.20. The lowest BCUT2D eigenvalue weighted by Gasteiger charge is -2.14. The van der Waals surface area contributed by atoms with E-state index in [1.54, 1.807) is 32.6 Å². The molecule has 0 aliphatic carbocycles. The van der Waals surface area contributed by atoms with Gasteiger partial charge in [0.25, 0.3) is 0 Å². The van der Waals surface area contributed by atoms with Crippen LogP contribution in [0.15, 0.2) is 65.3 Å². The molecule has 0 saturated heterocycles. The fraction of sp³-hybridized carbons (Fsp3) is 0.179. The molecule has 174 valence electrons. The van der Waals surface area contributed by atoms with Crippen LogP contribution >= 0.6 is 11.6 Å². The van der Waals surface area contributed by atoms with Crippen LogP contribution in [0.25, 0.3) is 27.7 Å². The predicted molar refractivity (Wildman–Crippen MR) is 138 cm³/mol. The van der Waals surface area contributed by atoms with E-state index in [0.29, 0.717) is 16.5 Å². The Bertz CT molecular complexity index is 1420. The number of hydrogen-bond donors (Lipinski definition) is 1. The number of hydrogen-bond acceptors (Lipinski definition) is 4. The smallest absolute Gasteiger partial charge is 0.248 e. The monoisotopic (exact) mass is 475 g/mol. The minimum atomic E-state index is -0.255. The molecule has 0 radical (unpaired) electrons.